The predicted octanol–water partition coefficient (Wildman–Crippen LogP) is -0.887. The summed E-state index contributed by atoms with van der Waals surface area (Å²) in [5.41, 5.74) is -0.274. The van der Waals surface area contributed by atoms with Crippen LogP contribution in [-0.2, 0) is 28.5 Å². The van der Waals surface area contributed by atoms with Gasteiger partial charge in [-0.15, -0.1) is 0 Å². The second kappa shape index (κ2) is 9.30. The zero-order valence-corrected chi connectivity index (χ0v) is 19.2. The summed E-state index contributed by atoms with van der Waals surface area (Å²) >= 11 is 0. The lowest BCUT2D eigenvalue weighted by Crippen LogP contribution is -2.60. The van der Waals surface area contributed by atoms with Crippen LogP contribution in [0.15, 0.2) is 36.6 Å². The summed E-state index contributed by atoms with van der Waals surface area (Å²) < 4.78 is 28.5. The molecule has 0 bridgehead atoms. The molecule has 3 fully saturated rings. The van der Waals surface area contributed by atoms with Crippen LogP contribution in [0.1, 0.15) is 12.5 Å². The minimum absolute atomic E-state index is 0.274. The molecule has 12 nitrogen and oxygen atoms in total. The Morgan fingerprint density at radius 1 is 1.11 bits per heavy atom. The van der Waals surface area contributed by atoms with Crippen molar-refractivity contribution in [2.75, 3.05) is 6.61 Å². The second-order valence-electron chi connectivity index (χ2n) is 9.47. The van der Waals surface area contributed by atoms with Crippen molar-refractivity contribution in [1.29, 1.82) is 0 Å². The molecule has 11 unspecified atom stereocenters. The van der Waals surface area contributed by atoms with Gasteiger partial charge in [-0.3, -0.25) is 0 Å². The summed E-state index contributed by atoms with van der Waals surface area (Å²) in [5.74, 6) is -2.05. The fourth-order valence-electron chi connectivity index (χ4n) is 5.22. The highest BCUT2D eigenvalue weighted by Gasteiger charge is 2.75. The van der Waals surface area contributed by atoms with Gasteiger partial charge in [-0.05, 0) is 36.8 Å². The fraction of sp³-hybridized carbons (Fsp3) is 0.542. The highest BCUT2D eigenvalue weighted by molar-refractivity contribution is 5.87. The SMILES string of the molecule is CC12OC1C(OC(=O)C=Cc1ccc(O)c(O)c1)C1C=COC(OC3OC(CO)C(O)C(O)C3O)C12. The van der Waals surface area contributed by atoms with Crippen LogP contribution in [0.3, 0.4) is 0 Å². The van der Waals surface area contributed by atoms with E-state index in [4.69, 9.17) is 23.7 Å². The molecule has 3 aliphatic heterocycles. The van der Waals surface area contributed by atoms with E-state index in [-0.39, 0.29) is 17.4 Å². The van der Waals surface area contributed by atoms with Crippen LogP contribution in [0.4, 0.5) is 0 Å². The second-order valence-corrected chi connectivity index (χ2v) is 9.47. The Kier molecular flexibility index (Phi) is 6.45. The normalized spacial score (nSPS) is 43.0. The van der Waals surface area contributed by atoms with Gasteiger partial charge < -0.3 is 54.3 Å². The van der Waals surface area contributed by atoms with E-state index >= 15 is 0 Å². The first-order valence-corrected chi connectivity index (χ1v) is 11.5. The van der Waals surface area contributed by atoms with E-state index in [0.717, 1.165) is 0 Å². The van der Waals surface area contributed by atoms with Crippen LogP contribution in [-0.4, -0.2) is 98.0 Å². The zero-order chi connectivity index (χ0) is 25.8. The molecule has 1 aliphatic carbocycles. The van der Waals surface area contributed by atoms with Gasteiger partial charge in [0.1, 0.15) is 42.2 Å². The first-order valence-electron chi connectivity index (χ1n) is 11.5. The summed E-state index contributed by atoms with van der Waals surface area (Å²) in [6.07, 6.45) is -3.60. The molecule has 0 radical (unpaired) electrons. The number of aromatic hydroxyl groups is 2. The molecule has 6 N–H and O–H groups in total. The van der Waals surface area contributed by atoms with Gasteiger partial charge in [0.15, 0.2) is 17.8 Å². The number of aliphatic hydroxyl groups is 4. The van der Waals surface area contributed by atoms with Gasteiger partial charge in [-0.1, -0.05) is 6.07 Å². The number of carbonyl (C=O) groups excluding carboxylic acids is 1. The fourth-order valence-corrected chi connectivity index (χ4v) is 5.22. The molecule has 1 aromatic rings. The average Bonchev–Trinajstić information content (AvgIpc) is 3.48. The molecule has 1 saturated carbocycles. The molecular formula is C24H28O12. The number of ether oxygens (including phenoxy) is 5. The van der Waals surface area contributed by atoms with E-state index in [1.165, 1.54) is 36.6 Å². The third-order valence-corrected chi connectivity index (χ3v) is 7.23. The maximum atomic E-state index is 12.6. The van der Waals surface area contributed by atoms with E-state index in [9.17, 15) is 35.4 Å². The average molecular weight is 508 g/mol. The number of benzene rings is 1. The summed E-state index contributed by atoms with van der Waals surface area (Å²) in [4.78, 5) is 12.6. The Labute approximate surface area is 205 Å². The van der Waals surface area contributed by atoms with Crippen molar-refractivity contribution in [3.63, 3.8) is 0 Å². The van der Waals surface area contributed by atoms with Crippen LogP contribution in [0.2, 0.25) is 0 Å². The summed E-state index contributed by atoms with van der Waals surface area (Å²) in [7, 11) is 0. The van der Waals surface area contributed by atoms with Crippen LogP contribution in [0, 0.1) is 11.8 Å². The standard InChI is InChI=1S/C24H28O12/c1-24-16-11(6-7-32-22(16)35-23-19(31)18(30)17(29)14(9-25)33-23)20(21(24)36-24)34-15(28)5-3-10-2-4-12(26)13(27)8-10/h2-8,11,14,16-23,25-27,29-31H,9H2,1H3. The molecule has 0 amide bonds. The van der Waals surface area contributed by atoms with Crippen LogP contribution < -0.4 is 0 Å². The Hall–Kier alpha value is -2.71. The third-order valence-electron chi connectivity index (χ3n) is 7.23. The Balaban J connectivity index is 1.27. The number of phenols is 2. The molecule has 3 heterocycles. The first kappa shape index (κ1) is 25.0. The van der Waals surface area contributed by atoms with Gasteiger partial charge in [0.05, 0.1) is 18.8 Å². The van der Waals surface area contributed by atoms with E-state index in [2.05, 4.69) is 0 Å². The number of esters is 1. The Bertz CT molecular complexity index is 1060. The highest BCUT2D eigenvalue weighted by atomic mass is 16.8. The number of hydrogen-bond donors (Lipinski definition) is 6. The molecule has 1 aromatic carbocycles. The largest absolute Gasteiger partial charge is 0.504 e. The van der Waals surface area contributed by atoms with Crippen molar-refractivity contribution in [3.8, 4) is 11.5 Å². The van der Waals surface area contributed by atoms with Crippen molar-refractivity contribution in [2.24, 2.45) is 11.8 Å². The van der Waals surface area contributed by atoms with Gasteiger partial charge in [-0.2, -0.15) is 0 Å². The van der Waals surface area contributed by atoms with Gasteiger partial charge in [-0.25, -0.2) is 4.79 Å². The maximum absolute atomic E-state index is 12.6. The van der Waals surface area contributed by atoms with E-state index < -0.39 is 73.3 Å². The first-order chi connectivity index (χ1) is 17.1. The van der Waals surface area contributed by atoms with Crippen LogP contribution >= 0.6 is 0 Å². The number of hydrogen-bond acceptors (Lipinski definition) is 12. The predicted molar refractivity (Wildman–Crippen MR) is 118 cm³/mol. The molecule has 11 atom stereocenters. The maximum Gasteiger partial charge on any atom is 0.331 e. The van der Waals surface area contributed by atoms with Gasteiger partial charge in [0, 0.05) is 12.0 Å². The number of rotatable bonds is 6. The van der Waals surface area contributed by atoms with Crippen molar-refractivity contribution in [2.45, 2.75) is 61.7 Å². The van der Waals surface area contributed by atoms with E-state index in [0.29, 0.717) is 5.56 Å². The molecular weight excluding hydrogens is 480 g/mol. The number of fused-ring (bicyclic) bond motifs is 3. The molecule has 0 aromatic heterocycles. The quantitative estimate of drug-likeness (QED) is 0.121. The molecule has 2 saturated heterocycles. The molecule has 36 heavy (non-hydrogen) atoms. The molecule has 196 valence electrons. The molecule has 12 heteroatoms. The van der Waals surface area contributed by atoms with Crippen molar-refractivity contribution >= 4 is 12.0 Å². The molecule has 4 aliphatic rings. The van der Waals surface area contributed by atoms with Crippen LogP contribution in [0.25, 0.3) is 6.08 Å². The van der Waals surface area contributed by atoms with Crippen molar-refractivity contribution in [1.82, 2.24) is 0 Å². The van der Waals surface area contributed by atoms with Crippen molar-refractivity contribution in [3.05, 3.63) is 42.2 Å². The lowest BCUT2D eigenvalue weighted by atomic mass is 9.86. The molecule has 5 rings (SSSR count). The lowest BCUT2D eigenvalue weighted by molar-refractivity contribution is -0.344. The summed E-state index contributed by atoms with van der Waals surface area (Å²) in [6.45, 7) is 1.23. The Morgan fingerprint density at radius 2 is 1.89 bits per heavy atom. The monoisotopic (exact) mass is 508 g/mol. The summed E-state index contributed by atoms with van der Waals surface area (Å²) in [6, 6.07) is 4.12. The molecule has 0 spiro atoms. The summed E-state index contributed by atoms with van der Waals surface area (Å²) in [5, 5.41) is 58.8. The van der Waals surface area contributed by atoms with Gasteiger partial charge in [0.25, 0.3) is 0 Å². The lowest BCUT2D eigenvalue weighted by Gasteiger charge is -2.43. The number of phenolic OH excluding ortho intramolecular Hbond substituents is 2. The zero-order valence-electron chi connectivity index (χ0n) is 19.2. The van der Waals surface area contributed by atoms with Gasteiger partial charge in [0.2, 0.25) is 6.29 Å². The van der Waals surface area contributed by atoms with E-state index in [1.807, 2.05) is 6.92 Å². The number of carbonyl (C=O) groups is 1. The van der Waals surface area contributed by atoms with Gasteiger partial charge >= 0.3 is 5.97 Å². The Morgan fingerprint density at radius 3 is 2.61 bits per heavy atom. The van der Waals surface area contributed by atoms with Crippen molar-refractivity contribution < 1.29 is 59.1 Å². The number of epoxide rings is 1. The number of aliphatic hydroxyl groups excluding tert-OH is 4. The topological polar surface area (TPSA) is 188 Å². The highest BCUT2D eigenvalue weighted by Crippen LogP contribution is 2.60. The minimum Gasteiger partial charge on any atom is -0.504 e. The third kappa shape index (κ3) is 4.24. The van der Waals surface area contributed by atoms with Crippen LogP contribution in [0.5, 0.6) is 11.5 Å². The minimum atomic E-state index is -1.60. The smallest absolute Gasteiger partial charge is 0.331 e. The van der Waals surface area contributed by atoms with E-state index in [1.54, 1.807) is 6.08 Å².